The van der Waals surface area contributed by atoms with E-state index in [1.807, 2.05) is 0 Å². The molecule has 10 heteroatoms. The number of carbonyl (C=O) groups excluding carboxylic acids is 2. The van der Waals surface area contributed by atoms with E-state index in [-0.39, 0.29) is 18.4 Å². The largest absolute Gasteiger partial charge is 0.333 e. The number of amides is 2. The van der Waals surface area contributed by atoms with Crippen molar-refractivity contribution < 1.29 is 9.59 Å². The van der Waals surface area contributed by atoms with Gasteiger partial charge in [-0.05, 0) is 23.8 Å². The van der Waals surface area contributed by atoms with Gasteiger partial charge in [-0.3, -0.25) is 14.9 Å². The van der Waals surface area contributed by atoms with E-state index in [0.717, 1.165) is 11.6 Å². The average Bonchev–Trinajstić information content (AvgIpc) is 3.00. The van der Waals surface area contributed by atoms with Crippen molar-refractivity contribution in [2.45, 2.75) is 10.1 Å². The van der Waals surface area contributed by atoms with Gasteiger partial charge in [-0.15, -0.1) is 10.2 Å². The standard InChI is InChI=1S/C15H14Cl2N4O2S2/c1-3-13(23)21(2)7-12(22)18-14-19-20-15(25-14)24-8-9-10(16)5-4-6-11(9)17/h3-6H,1,7-8H2,2H3,(H,18,19,22). The summed E-state index contributed by atoms with van der Waals surface area (Å²) >= 11 is 14.9. The maximum atomic E-state index is 11.9. The van der Waals surface area contributed by atoms with Crippen molar-refractivity contribution in [1.82, 2.24) is 15.1 Å². The van der Waals surface area contributed by atoms with Gasteiger partial charge >= 0.3 is 0 Å². The van der Waals surface area contributed by atoms with Crippen LogP contribution in [0.15, 0.2) is 35.2 Å². The van der Waals surface area contributed by atoms with Gasteiger partial charge in [-0.2, -0.15) is 0 Å². The highest BCUT2D eigenvalue weighted by Crippen LogP contribution is 2.33. The van der Waals surface area contributed by atoms with Crippen molar-refractivity contribution >= 4 is 63.2 Å². The van der Waals surface area contributed by atoms with Crippen molar-refractivity contribution in [3.8, 4) is 0 Å². The monoisotopic (exact) mass is 416 g/mol. The van der Waals surface area contributed by atoms with E-state index in [1.165, 1.54) is 35.0 Å². The van der Waals surface area contributed by atoms with Crippen LogP contribution in [0.2, 0.25) is 10.0 Å². The van der Waals surface area contributed by atoms with E-state index >= 15 is 0 Å². The highest BCUT2D eigenvalue weighted by molar-refractivity contribution is 8.00. The predicted molar refractivity (Wildman–Crippen MR) is 102 cm³/mol. The molecule has 0 spiro atoms. The minimum Gasteiger partial charge on any atom is -0.333 e. The lowest BCUT2D eigenvalue weighted by Crippen LogP contribution is -2.33. The molecule has 1 aromatic heterocycles. The Kier molecular flexibility index (Phi) is 7.24. The molecule has 0 aliphatic rings. The normalized spacial score (nSPS) is 10.4. The molecule has 0 saturated heterocycles. The van der Waals surface area contributed by atoms with Crippen LogP contribution in [0.1, 0.15) is 5.56 Å². The number of benzene rings is 1. The second kappa shape index (κ2) is 9.19. The first-order valence-corrected chi connectivity index (χ1v) is 9.53. The fourth-order valence-corrected chi connectivity index (χ4v) is 4.24. The molecule has 6 nitrogen and oxygen atoms in total. The van der Waals surface area contributed by atoms with E-state index in [2.05, 4.69) is 22.1 Å². The summed E-state index contributed by atoms with van der Waals surface area (Å²) in [6.07, 6.45) is 1.15. The van der Waals surface area contributed by atoms with E-state index in [4.69, 9.17) is 23.2 Å². The molecule has 0 aliphatic heterocycles. The summed E-state index contributed by atoms with van der Waals surface area (Å²) in [5, 5.41) is 12.1. The smallest absolute Gasteiger partial charge is 0.246 e. The van der Waals surface area contributed by atoms with E-state index < -0.39 is 0 Å². The van der Waals surface area contributed by atoms with Gasteiger partial charge in [0.25, 0.3) is 0 Å². The lowest BCUT2D eigenvalue weighted by atomic mass is 10.2. The Morgan fingerprint density at radius 3 is 2.68 bits per heavy atom. The molecule has 2 amide bonds. The fraction of sp³-hybridized carbons (Fsp3) is 0.200. The Morgan fingerprint density at radius 1 is 1.36 bits per heavy atom. The third kappa shape index (κ3) is 5.71. The number of nitrogens with one attached hydrogen (secondary N) is 1. The summed E-state index contributed by atoms with van der Waals surface area (Å²) in [5.74, 6) is -0.155. The molecule has 0 aliphatic carbocycles. The maximum absolute atomic E-state index is 11.9. The third-order valence-corrected chi connectivity index (χ3v) is 5.69. The molecular formula is C15H14Cl2N4O2S2. The number of likely N-dealkylation sites (N-methyl/N-ethyl adjacent to an activating group) is 1. The van der Waals surface area contributed by atoms with Gasteiger partial charge < -0.3 is 4.90 Å². The minimum atomic E-state index is -0.362. The van der Waals surface area contributed by atoms with Crippen LogP contribution in [0.25, 0.3) is 0 Å². The van der Waals surface area contributed by atoms with E-state index in [9.17, 15) is 9.59 Å². The summed E-state index contributed by atoms with van der Waals surface area (Å²) in [5.41, 5.74) is 0.821. The summed E-state index contributed by atoms with van der Waals surface area (Å²) in [6, 6.07) is 5.33. The second-order valence-corrected chi connectivity index (χ2v) is 7.82. The molecule has 0 bridgehead atoms. The Balaban J connectivity index is 1.91. The Morgan fingerprint density at radius 2 is 2.04 bits per heavy atom. The Labute approximate surface area is 163 Å². The molecule has 0 saturated carbocycles. The molecule has 0 unspecified atom stereocenters. The summed E-state index contributed by atoms with van der Waals surface area (Å²) in [7, 11) is 1.51. The number of rotatable bonds is 7. The van der Waals surface area contributed by atoms with Gasteiger partial charge in [0.15, 0.2) is 4.34 Å². The molecular weight excluding hydrogens is 403 g/mol. The first kappa shape index (κ1) is 19.7. The first-order chi connectivity index (χ1) is 11.9. The molecule has 132 valence electrons. The van der Waals surface area contributed by atoms with Crippen molar-refractivity contribution in [1.29, 1.82) is 0 Å². The van der Waals surface area contributed by atoms with Gasteiger partial charge in [0.2, 0.25) is 16.9 Å². The zero-order chi connectivity index (χ0) is 18.4. The Bertz CT molecular complexity index is 777. The summed E-state index contributed by atoms with van der Waals surface area (Å²) < 4.78 is 0.668. The lowest BCUT2D eigenvalue weighted by Gasteiger charge is -2.13. The minimum absolute atomic E-state index is 0.0951. The average molecular weight is 417 g/mol. The molecule has 2 rings (SSSR count). The summed E-state index contributed by atoms with van der Waals surface area (Å²) in [6.45, 7) is 3.27. The van der Waals surface area contributed by atoms with Gasteiger partial charge in [0, 0.05) is 22.8 Å². The molecule has 1 N–H and O–H groups in total. The zero-order valence-electron chi connectivity index (χ0n) is 13.2. The van der Waals surface area contributed by atoms with Crippen LogP contribution >= 0.6 is 46.3 Å². The summed E-state index contributed by atoms with van der Waals surface area (Å²) in [4.78, 5) is 24.5. The lowest BCUT2D eigenvalue weighted by molar-refractivity contribution is -0.129. The molecule has 1 heterocycles. The molecule has 1 aromatic carbocycles. The molecule has 0 atom stereocenters. The van der Waals surface area contributed by atoms with Gasteiger partial charge in [-0.1, -0.05) is 58.9 Å². The van der Waals surface area contributed by atoms with Crippen LogP contribution in [0, 0.1) is 0 Å². The SMILES string of the molecule is C=CC(=O)N(C)CC(=O)Nc1nnc(SCc2c(Cl)cccc2Cl)s1. The number of carbonyl (C=O) groups is 2. The van der Waals surface area contributed by atoms with Crippen molar-refractivity contribution in [3.63, 3.8) is 0 Å². The highest BCUT2D eigenvalue weighted by Gasteiger charge is 2.14. The number of halogens is 2. The fourth-order valence-electron chi connectivity index (χ4n) is 1.73. The molecule has 0 radical (unpaired) electrons. The third-order valence-electron chi connectivity index (χ3n) is 2.99. The van der Waals surface area contributed by atoms with Gasteiger partial charge in [0.1, 0.15) is 0 Å². The van der Waals surface area contributed by atoms with Crippen LogP contribution in [0.4, 0.5) is 5.13 Å². The second-order valence-electron chi connectivity index (χ2n) is 4.81. The van der Waals surface area contributed by atoms with Crippen LogP contribution in [0.3, 0.4) is 0 Å². The molecule has 25 heavy (non-hydrogen) atoms. The number of hydrogen-bond acceptors (Lipinski definition) is 6. The van der Waals surface area contributed by atoms with Crippen molar-refractivity contribution in [3.05, 3.63) is 46.5 Å². The predicted octanol–water partition coefficient (Wildman–Crippen LogP) is 3.72. The van der Waals surface area contributed by atoms with Crippen molar-refractivity contribution in [2.24, 2.45) is 0 Å². The number of hydrogen-bond donors (Lipinski definition) is 1. The first-order valence-electron chi connectivity index (χ1n) is 6.97. The maximum Gasteiger partial charge on any atom is 0.246 e. The number of thioether (sulfide) groups is 1. The zero-order valence-corrected chi connectivity index (χ0v) is 16.3. The topological polar surface area (TPSA) is 75.2 Å². The number of anilines is 1. The molecule has 0 fully saturated rings. The van der Waals surface area contributed by atoms with Crippen LogP contribution < -0.4 is 5.32 Å². The van der Waals surface area contributed by atoms with Crippen molar-refractivity contribution in [2.75, 3.05) is 18.9 Å². The van der Waals surface area contributed by atoms with Crippen LogP contribution in [0.5, 0.6) is 0 Å². The van der Waals surface area contributed by atoms with Gasteiger partial charge in [0.05, 0.1) is 6.54 Å². The van der Waals surface area contributed by atoms with Crippen LogP contribution in [-0.4, -0.2) is 40.5 Å². The number of aromatic nitrogens is 2. The highest BCUT2D eigenvalue weighted by atomic mass is 35.5. The van der Waals surface area contributed by atoms with E-state index in [0.29, 0.717) is 25.3 Å². The molecule has 2 aromatic rings. The van der Waals surface area contributed by atoms with Crippen LogP contribution in [-0.2, 0) is 15.3 Å². The quantitative estimate of drug-likeness (QED) is 0.422. The van der Waals surface area contributed by atoms with E-state index in [1.54, 1.807) is 18.2 Å². The Hall–Kier alpha value is -1.61. The van der Waals surface area contributed by atoms with Gasteiger partial charge in [-0.25, -0.2) is 0 Å². The number of nitrogens with zero attached hydrogens (tertiary/aromatic N) is 3.